The van der Waals surface area contributed by atoms with Gasteiger partial charge in [-0.15, -0.1) is 0 Å². The van der Waals surface area contributed by atoms with E-state index in [1.54, 1.807) is 0 Å². The molecule has 1 aromatic carbocycles. The van der Waals surface area contributed by atoms with Gasteiger partial charge in [-0.1, -0.05) is 134 Å². The molecule has 0 saturated carbocycles. The molecule has 1 unspecified atom stereocenters. The Hall–Kier alpha value is -1.43. The van der Waals surface area contributed by atoms with Crippen LogP contribution >= 0.6 is 0 Å². The van der Waals surface area contributed by atoms with Gasteiger partial charge in [-0.25, -0.2) is 4.79 Å². The predicted octanol–water partition coefficient (Wildman–Crippen LogP) is 8.04. The van der Waals surface area contributed by atoms with Crippen molar-refractivity contribution >= 4 is 5.97 Å². The van der Waals surface area contributed by atoms with Gasteiger partial charge in [0, 0.05) is 6.61 Å². The Kier molecular flexibility index (Phi) is 22.8. The van der Waals surface area contributed by atoms with Gasteiger partial charge in [-0.3, -0.25) is 0 Å². The van der Waals surface area contributed by atoms with Crippen LogP contribution in [-0.2, 0) is 30.3 Å². The van der Waals surface area contributed by atoms with Crippen molar-refractivity contribution < 1.29 is 23.7 Å². The average Bonchev–Trinajstić information content (AvgIpc) is 2.91. The molecule has 0 fully saturated rings. The monoisotopic (exact) mass is 506 g/mol. The molecule has 36 heavy (non-hydrogen) atoms. The van der Waals surface area contributed by atoms with Crippen molar-refractivity contribution in [1.29, 1.82) is 0 Å². The van der Waals surface area contributed by atoms with E-state index in [2.05, 4.69) is 11.7 Å². The van der Waals surface area contributed by atoms with Gasteiger partial charge in [0.2, 0.25) is 0 Å². The number of esters is 1. The lowest BCUT2D eigenvalue weighted by Gasteiger charge is -2.18. The van der Waals surface area contributed by atoms with E-state index < -0.39 is 0 Å². The maximum Gasteiger partial charge on any atom is 0.331 e. The van der Waals surface area contributed by atoms with Crippen LogP contribution in [-0.4, -0.2) is 45.6 Å². The molecule has 208 valence electrons. The summed E-state index contributed by atoms with van der Waals surface area (Å²) in [7, 11) is 1.36. The Labute approximate surface area is 221 Å². The molecule has 0 aliphatic heterocycles. The topological polar surface area (TPSA) is 54.0 Å². The molecule has 0 heterocycles. The first-order valence-electron chi connectivity index (χ1n) is 14.6. The van der Waals surface area contributed by atoms with Crippen molar-refractivity contribution in [1.82, 2.24) is 0 Å². The lowest BCUT2D eigenvalue weighted by Crippen LogP contribution is -2.28. The van der Waals surface area contributed by atoms with E-state index in [4.69, 9.17) is 14.2 Å². The average molecular weight is 507 g/mol. The van der Waals surface area contributed by atoms with Gasteiger partial charge in [-0.05, 0) is 12.0 Å². The molecule has 1 aromatic rings. The summed E-state index contributed by atoms with van der Waals surface area (Å²) in [4.78, 5) is 11.4. The molecule has 0 spiro atoms. The fourth-order valence-electron chi connectivity index (χ4n) is 4.24. The van der Waals surface area contributed by atoms with Crippen LogP contribution in [0.1, 0.15) is 115 Å². The number of unbranched alkanes of at least 4 members (excludes halogenated alkanes) is 15. The minimum Gasteiger partial charge on any atom is -0.467 e. The summed E-state index contributed by atoms with van der Waals surface area (Å²) in [6, 6.07) is 10.0. The largest absolute Gasteiger partial charge is 0.467 e. The third-order valence-electron chi connectivity index (χ3n) is 6.53. The van der Waals surface area contributed by atoms with Gasteiger partial charge in [0.25, 0.3) is 0 Å². The van der Waals surface area contributed by atoms with Crippen molar-refractivity contribution in [3.63, 3.8) is 0 Å². The zero-order valence-corrected chi connectivity index (χ0v) is 23.4. The summed E-state index contributed by atoms with van der Waals surface area (Å²) < 4.78 is 21.9. The highest BCUT2D eigenvalue weighted by Crippen LogP contribution is 2.14. The number of methoxy groups -OCH3 is 1. The predicted molar refractivity (Wildman–Crippen MR) is 148 cm³/mol. The Bertz CT molecular complexity index is 592. The Morgan fingerprint density at radius 2 is 1.19 bits per heavy atom. The molecule has 0 aliphatic rings. The normalized spacial score (nSPS) is 12.1. The molecule has 5 nitrogen and oxygen atoms in total. The molecule has 1 rings (SSSR count). The van der Waals surface area contributed by atoms with Crippen LogP contribution in [0.15, 0.2) is 30.3 Å². The molecule has 0 amide bonds. The minimum atomic E-state index is -0.388. The SMILES string of the molecule is CCCCCCCCCCCCCCCCCCOCC(COCc1ccccc1)OCC(=O)OC. The maximum atomic E-state index is 11.4. The molecule has 0 bridgehead atoms. The number of rotatable bonds is 26. The standard InChI is InChI=1S/C31H54O5/c1-3-4-5-6-7-8-9-10-11-12-13-14-15-16-17-21-24-34-26-30(36-28-31(32)33-2)27-35-25-29-22-19-18-20-23-29/h18-20,22-23,30H,3-17,21,24-28H2,1-2H3. The second kappa shape index (κ2) is 25.2. The number of hydrogen-bond acceptors (Lipinski definition) is 5. The smallest absolute Gasteiger partial charge is 0.331 e. The van der Waals surface area contributed by atoms with Crippen LogP contribution in [0, 0.1) is 0 Å². The molecule has 0 saturated heterocycles. The lowest BCUT2D eigenvalue weighted by atomic mass is 10.0. The number of ether oxygens (including phenoxy) is 4. The molecular formula is C31H54O5. The van der Waals surface area contributed by atoms with Crippen LogP contribution in [0.25, 0.3) is 0 Å². The number of benzene rings is 1. The fourth-order valence-corrected chi connectivity index (χ4v) is 4.24. The first-order valence-corrected chi connectivity index (χ1v) is 14.6. The van der Waals surface area contributed by atoms with Gasteiger partial charge < -0.3 is 18.9 Å². The third kappa shape index (κ3) is 20.7. The van der Waals surface area contributed by atoms with Crippen molar-refractivity contribution in [2.45, 2.75) is 122 Å². The van der Waals surface area contributed by atoms with Crippen LogP contribution in [0.2, 0.25) is 0 Å². The lowest BCUT2D eigenvalue weighted by molar-refractivity contribution is -0.151. The Morgan fingerprint density at radius 3 is 1.72 bits per heavy atom. The molecule has 0 aliphatic carbocycles. The number of carbonyl (C=O) groups is 1. The molecule has 5 heteroatoms. The summed E-state index contributed by atoms with van der Waals surface area (Å²) in [6.45, 7) is 4.23. The van der Waals surface area contributed by atoms with E-state index in [0.717, 1.165) is 18.6 Å². The summed E-state index contributed by atoms with van der Waals surface area (Å²) in [5, 5.41) is 0. The van der Waals surface area contributed by atoms with E-state index in [0.29, 0.717) is 19.8 Å². The van der Waals surface area contributed by atoms with Crippen LogP contribution in [0.3, 0.4) is 0 Å². The van der Waals surface area contributed by atoms with Crippen molar-refractivity contribution in [3.8, 4) is 0 Å². The summed E-state index contributed by atoms with van der Waals surface area (Å²) >= 11 is 0. The third-order valence-corrected chi connectivity index (χ3v) is 6.53. The number of carbonyl (C=O) groups excluding carboxylic acids is 1. The molecule has 0 radical (unpaired) electrons. The second-order valence-electron chi connectivity index (χ2n) is 9.89. The van der Waals surface area contributed by atoms with E-state index in [9.17, 15) is 4.79 Å². The summed E-state index contributed by atoms with van der Waals surface area (Å²) in [5.41, 5.74) is 1.11. The van der Waals surface area contributed by atoms with Gasteiger partial charge in [0.1, 0.15) is 12.7 Å². The quantitative estimate of drug-likeness (QED) is 0.0940. The van der Waals surface area contributed by atoms with E-state index >= 15 is 0 Å². The number of hydrogen-bond donors (Lipinski definition) is 0. The van der Waals surface area contributed by atoms with E-state index in [1.807, 2.05) is 30.3 Å². The zero-order valence-electron chi connectivity index (χ0n) is 23.4. The van der Waals surface area contributed by atoms with Crippen molar-refractivity contribution in [3.05, 3.63) is 35.9 Å². The van der Waals surface area contributed by atoms with Gasteiger partial charge in [0.15, 0.2) is 0 Å². The van der Waals surface area contributed by atoms with Crippen LogP contribution < -0.4 is 0 Å². The van der Waals surface area contributed by atoms with Crippen LogP contribution in [0.5, 0.6) is 0 Å². The highest BCUT2D eigenvalue weighted by Gasteiger charge is 2.13. The summed E-state index contributed by atoms with van der Waals surface area (Å²) in [5.74, 6) is -0.388. The highest BCUT2D eigenvalue weighted by molar-refractivity contribution is 5.70. The van der Waals surface area contributed by atoms with Gasteiger partial charge in [-0.2, -0.15) is 0 Å². The highest BCUT2D eigenvalue weighted by atomic mass is 16.6. The first kappa shape index (κ1) is 32.6. The Balaban J connectivity index is 1.95. The van der Waals surface area contributed by atoms with Gasteiger partial charge >= 0.3 is 5.97 Å². The molecule has 1 atom stereocenters. The molecular weight excluding hydrogens is 452 g/mol. The zero-order chi connectivity index (χ0) is 25.9. The van der Waals surface area contributed by atoms with Crippen molar-refractivity contribution in [2.75, 3.05) is 33.5 Å². The second-order valence-corrected chi connectivity index (χ2v) is 9.89. The van der Waals surface area contributed by atoms with Crippen LogP contribution in [0.4, 0.5) is 0 Å². The van der Waals surface area contributed by atoms with E-state index in [-0.39, 0.29) is 18.7 Å². The summed E-state index contributed by atoms with van der Waals surface area (Å²) in [6.07, 6.45) is 21.5. The van der Waals surface area contributed by atoms with E-state index in [1.165, 1.54) is 103 Å². The fraction of sp³-hybridized carbons (Fsp3) is 0.774. The van der Waals surface area contributed by atoms with Gasteiger partial charge in [0.05, 0.1) is 26.9 Å². The van der Waals surface area contributed by atoms with Crippen molar-refractivity contribution in [2.24, 2.45) is 0 Å². The maximum absolute atomic E-state index is 11.4. The molecule has 0 aromatic heterocycles. The molecule has 0 N–H and O–H groups in total. The Morgan fingerprint density at radius 1 is 0.694 bits per heavy atom. The minimum absolute atomic E-state index is 0.0850. The first-order chi connectivity index (χ1) is 17.8.